The van der Waals surface area contributed by atoms with Crippen LogP contribution in [0.1, 0.15) is 23.1 Å². The average molecular weight is 428 g/mol. The summed E-state index contributed by atoms with van der Waals surface area (Å²) >= 11 is 11.8. The van der Waals surface area contributed by atoms with Gasteiger partial charge in [-0.3, -0.25) is 4.79 Å². The number of carbonyl (C=O) groups is 1. The number of hydrogen-bond donors (Lipinski definition) is 2. The summed E-state index contributed by atoms with van der Waals surface area (Å²) in [4.78, 5) is 10.8. The molecule has 0 bridgehead atoms. The molecular weight excluding hydrogens is 409 g/mol. The number of aliphatic carboxylic acids is 1. The Hall–Kier alpha value is -1.86. The van der Waals surface area contributed by atoms with Gasteiger partial charge >= 0.3 is 5.97 Å². The van der Waals surface area contributed by atoms with Crippen LogP contribution in [-0.4, -0.2) is 25.2 Å². The Bertz CT molecular complexity index is 922. The van der Waals surface area contributed by atoms with Crippen molar-refractivity contribution in [2.75, 3.05) is 5.75 Å². The van der Waals surface area contributed by atoms with Crippen molar-refractivity contribution in [3.05, 3.63) is 75.3 Å². The SMILES string of the molecule is O=C(O)Cc1cccc(CNS(=O)(=O)CC/C=C/c2cc(Cl)cc(Cl)c2)c1. The maximum atomic E-state index is 12.1. The standard InChI is InChI=1S/C19H19Cl2NO4S/c20-17-9-15(10-18(21)12-17)4-1-2-7-27(25,26)22-13-16-6-3-5-14(8-16)11-19(23)24/h1,3-6,8-10,12,22H,2,7,11,13H2,(H,23,24)/b4-1+. The minimum atomic E-state index is -3.46. The molecular formula is C19H19Cl2NO4S. The normalized spacial score (nSPS) is 11.8. The number of carboxylic acid groups (broad SMARTS) is 1. The average Bonchev–Trinajstić information content (AvgIpc) is 2.56. The van der Waals surface area contributed by atoms with E-state index in [9.17, 15) is 13.2 Å². The summed E-state index contributed by atoms with van der Waals surface area (Å²) in [5.74, 6) is -0.993. The second kappa shape index (κ2) is 9.90. The molecule has 0 aliphatic rings. The predicted molar refractivity (Wildman–Crippen MR) is 109 cm³/mol. The quantitative estimate of drug-likeness (QED) is 0.629. The minimum Gasteiger partial charge on any atom is -0.481 e. The molecule has 0 amide bonds. The fourth-order valence-electron chi connectivity index (χ4n) is 2.40. The fraction of sp³-hybridized carbons (Fsp3) is 0.211. The Labute approximate surface area is 168 Å². The molecule has 0 heterocycles. The van der Waals surface area contributed by atoms with E-state index >= 15 is 0 Å². The third kappa shape index (κ3) is 8.13. The number of rotatable bonds is 9. The highest BCUT2D eigenvalue weighted by Crippen LogP contribution is 2.20. The van der Waals surface area contributed by atoms with Crippen LogP contribution in [-0.2, 0) is 27.8 Å². The van der Waals surface area contributed by atoms with Crippen LogP contribution in [0.25, 0.3) is 6.08 Å². The molecule has 0 atom stereocenters. The zero-order chi connectivity index (χ0) is 19.9. The van der Waals surface area contributed by atoms with Crippen molar-refractivity contribution in [1.82, 2.24) is 4.72 Å². The molecule has 0 saturated heterocycles. The van der Waals surface area contributed by atoms with E-state index in [0.717, 1.165) is 5.56 Å². The first-order valence-corrected chi connectivity index (χ1v) is 10.5. The molecule has 27 heavy (non-hydrogen) atoms. The molecule has 0 unspecified atom stereocenters. The number of carboxylic acids is 1. The van der Waals surface area contributed by atoms with E-state index in [0.29, 0.717) is 27.6 Å². The molecule has 0 aromatic heterocycles. The van der Waals surface area contributed by atoms with Gasteiger partial charge in [0.2, 0.25) is 10.0 Å². The van der Waals surface area contributed by atoms with E-state index in [1.165, 1.54) is 0 Å². The number of sulfonamides is 1. The summed E-state index contributed by atoms with van der Waals surface area (Å²) < 4.78 is 26.7. The largest absolute Gasteiger partial charge is 0.481 e. The second-order valence-corrected chi connectivity index (χ2v) is 8.72. The van der Waals surface area contributed by atoms with Crippen molar-refractivity contribution in [3.8, 4) is 0 Å². The van der Waals surface area contributed by atoms with E-state index < -0.39 is 16.0 Å². The molecule has 2 rings (SSSR count). The van der Waals surface area contributed by atoms with E-state index in [-0.39, 0.29) is 18.7 Å². The van der Waals surface area contributed by atoms with Gasteiger partial charge in [0, 0.05) is 16.6 Å². The Balaban J connectivity index is 1.86. The highest BCUT2D eigenvalue weighted by atomic mass is 35.5. The molecule has 2 N–H and O–H groups in total. The highest BCUT2D eigenvalue weighted by molar-refractivity contribution is 7.89. The van der Waals surface area contributed by atoms with Gasteiger partial charge in [-0.25, -0.2) is 13.1 Å². The van der Waals surface area contributed by atoms with Crippen LogP contribution >= 0.6 is 23.2 Å². The third-order valence-corrected chi connectivity index (χ3v) is 5.39. The zero-order valence-electron chi connectivity index (χ0n) is 14.4. The molecule has 0 fully saturated rings. The van der Waals surface area contributed by atoms with Crippen molar-refractivity contribution >= 4 is 45.3 Å². The fourth-order valence-corrected chi connectivity index (χ4v) is 3.92. The molecule has 2 aromatic carbocycles. The van der Waals surface area contributed by atoms with Crippen LogP contribution in [0.5, 0.6) is 0 Å². The lowest BCUT2D eigenvalue weighted by atomic mass is 10.1. The van der Waals surface area contributed by atoms with Crippen molar-refractivity contribution in [2.45, 2.75) is 19.4 Å². The molecule has 5 nitrogen and oxygen atoms in total. The zero-order valence-corrected chi connectivity index (χ0v) is 16.7. The number of benzene rings is 2. The van der Waals surface area contributed by atoms with Crippen LogP contribution in [0.2, 0.25) is 10.0 Å². The molecule has 0 saturated carbocycles. The van der Waals surface area contributed by atoms with Gasteiger partial charge in [-0.05, 0) is 41.3 Å². The van der Waals surface area contributed by atoms with Gasteiger partial charge in [0.15, 0.2) is 0 Å². The maximum absolute atomic E-state index is 12.1. The van der Waals surface area contributed by atoms with E-state index in [2.05, 4.69) is 4.72 Å². The summed E-state index contributed by atoms with van der Waals surface area (Å²) in [6.45, 7) is 0.114. The molecule has 0 radical (unpaired) electrons. The van der Waals surface area contributed by atoms with Crippen LogP contribution < -0.4 is 4.72 Å². The summed E-state index contributed by atoms with van der Waals surface area (Å²) in [7, 11) is -3.46. The summed E-state index contributed by atoms with van der Waals surface area (Å²) in [5, 5.41) is 9.85. The van der Waals surface area contributed by atoms with Gasteiger partial charge in [-0.1, -0.05) is 59.6 Å². The Morgan fingerprint density at radius 1 is 1.07 bits per heavy atom. The Morgan fingerprint density at radius 3 is 2.41 bits per heavy atom. The number of allylic oxidation sites excluding steroid dienone is 1. The molecule has 8 heteroatoms. The predicted octanol–water partition coefficient (Wildman–Crippen LogP) is 4.14. The monoisotopic (exact) mass is 427 g/mol. The van der Waals surface area contributed by atoms with Crippen molar-refractivity contribution in [1.29, 1.82) is 0 Å². The second-order valence-electron chi connectivity index (χ2n) is 5.92. The molecule has 0 aliphatic carbocycles. The summed E-state index contributed by atoms with van der Waals surface area (Å²) in [6.07, 6.45) is 3.74. The van der Waals surface area contributed by atoms with Gasteiger partial charge in [0.25, 0.3) is 0 Å². The van der Waals surface area contributed by atoms with Crippen LogP contribution in [0.4, 0.5) is 0 Å². The van der Waals surface area contributed by atoms with Crippen molar-refractivity contribution < 1.29 is 18.3 Å². The first-order valence-electron chi connectivity index (χ1n) is 8.13. The Kier molecular flexibility index (Phi) is 7.86. The number of hydrogen-bond acceptors (Lipinski definition) is 3. The molecule has 2 aromatic rings. The van der Waals surface area contributed by atoms with Gasteiger partial charge < -0.3 is 5.11 Å². The molecule has 0 spiro atoms. The third-order valence-electron chi connectivity index (χ3n) is 3.59. The molecule has 144 valence electrons. The lowest BCUT2D eigenvalue weighted by Gasteiger charge is -2.07. The maximum Gasteiger partial charge on any atom is 0.307 e. The van der Waals surface area contributed by atoms with E-state index in [1.807, 2.05) is 0 Å². The number of halogens is 2. The van der Waals surface area contributed by atoms with Crippen molar-refractivity contribution in [2.24, 2.45) is 0 Å². The van der Waals surface area contributed by atoms with Gasteiger partial charge in [0.05, 0.1) is 12.2 Å². The van der Waals surface area contributed by atoms with Gasteiger partial charge in [0.1, 0.15) is 0 Å². The highest BCUT2D eigenvalue weighted by Gasteiger charge is 2.09. The van der Waals surface area contributed by atoms with Crippen LogP contribution in [0.15, 0.2) is 48.5 Å². The summed E-state index contributed by atoms with van der Waals surface area (Å²) in [5.41, 5.74) is 2.14. The van der Waals surface area contributed by atoms with Gasteiger partial charge in [-0.15, -0.1) is 0 Å². The first kappa shape index (κ1) is 21.4. The minimum absolute atomic E-state index is 0.0629. The molecule has 0 aliphatic heterocycles. The lowest BCUT2D eigenvalue weighted by molar-refractivity contribution is -0.136. The van der Waals surface area contributed by atoms with Crippen LogP contribution in [0, 0.1) is 0 Å². The summed E-state index contributed by atoms with van der Waals surface area (Å²) in [6, 6.07) is 11.9. The van der Waals surface area contributed by atoms with Crippen LogP contribution in [0.3, 0.4) is 0 Å². The van der Waals surface area contributed by atoms with E-state index in [4.69, 9.17) is 28.3 Å². The van der Waals surface area contributed by atoms with Gasteiger partial charge in [-0.2, -0.15) is 0 Å². The first-order chi connectivity index (χ1) is 12.7. The Morgan fingerprint density at radius 2 is 1.74 bits per heavy atom. The van der Waals surface area contributed by atoms with E-state index in [1.54, 1.807) is 54.6 Å². The topological polar surface area (TPSA) is 83.5 Å². The smallest absolute Gasteiger partial charge is 0.307 e. The van der Waals surface area contributed by atoms with Crippen molar-refractivity contribution in [3.63, 3.8) is 0 Å². The number of nitrogens with one attached hydrogen (secondary N) is 1. The lowest BCUT2D eigenvalue weighted by Crippen LogP contribution is -2.25.